The minimum atomic E-state index is -0.692. The van der Waals surface area contributed by atoms with E-state index in [4.69, 9.17) is 4.74 Å². The molecule has 1 saturated carbocycles. The molecular weight excluding hydrogens is 284 g/mol. The molecule has 0 unspecified atom stereocenters. The number of carbonyl (C=O) groups excluding carboxylic acids is 1. The average Bonchev–Trinajstić information content (AvgIpc) is 3.00. The minimum absolute atomic E-state index is 0.0420. The zero-order valence-corrected chi connectivity index (χ0v) is 13.5. The third-order valence-electron chi connectivity index (χ3n) is 4.95. The first-order valence-electron chi connectivity index (χ1n) is 8.38. The number of hydrogen-bond donors (Lipinski definition) is 2. The Balaban J connectivity index is 1.67. The maximum Gasteiger partial charge on any atom is 0.311 e. The van der Waals surface area contributed by atoms with Gasteiger partial charge < -0.3 is 15.2 Å². The van der Waals surface area contributed by atoms with Gasteiger partial charge in [-0.3, -0.25) is 14.5 Å². The van der Waals surface area contributed by atoms with Crippen LogP contribution in [0.3, 0.4) is 0 Å². The molecule has 1 heterocycles. The van der Waals surface area contributed by atoms with Crippen LogP contribution >= 0.6 is 0 Å². The predicted molar refractivity (Wildman–Crippen MR) is 82.6 cm³/mol. The van der Waals surface area contributed by atoms with E-state index in [1.165, 1.54) is 0 Å². The molecule has 0 aromatic carbocycles. The molecule has 2 fully saturated rings. The summed E-state index contributed by atoms with van der Waals surface area (Å²) in [6.45, 7) is 5.43. The number of nitrogens with one attached hydrogen (secondary N) is 1. The molecule has 2 N–H and O–H groups in total. The third-order valence-corrected chi connectivity index (χ3v) is 4.95. The van der Waals surface area contributed by atoms with E-state index in [1.807, 2.05) is 4.90 Å². The van der Waals surface area contributed by atoms with Crippen LogP contribution in [0.1, 0.15) is 39.0 Å². The lowest BCUT2D eigenvalue weighted by Crippen LogP contribution is -2.40. The minimum Gasteiger partial charge on any atom is -0.481 e. The third kappa shape index (κ3) is 3.98. The van der Waals surface area contributed by atoms with Gasteiger partial charge in [0.2, 0.25) is 5.91 Å². The Hall–Kier alpha value is -1.14. The van der Waals surface area contributed by atoms with Gasteiger partial charge in [-0.25, -0.2) is 0 Å². The van der Waals surface area contributed by atoms with Crippen molar-refractivity contribution >= 4 is 11.9 Å². The molecule has 2 rings (SSSR count). The summed E-state index contributed by atoms with van der Waals surface area (Å²) in [6.07, 6.45) is 4.85. The number of amides is 1. The Morgan fingerprint density at radius 2 is 2.23 bits per heavy atom. The number of nitrogens with zero attached hydrogens (tertiary/aromatic N) is 1. The van der Waals surface area contributed by atoms with Crippen molar-refractivity contribution in [2.45, 2.75) is 39.0 Å². The van der Waals surface area contributed by atoms with Crippen LogP contribution in [0.5, 0.6) is 0 Å². The number of hydrogen-bond acceptors (Lipinski definition) is 4. The molecule has 0 spiro atoms. The summed E-state index contributed by atoms with van der Waals surface area (Å²) in [4.78, 5) is 25.5. The number of likely N-dealkylation sites (tertiary alicyclic amines) is 1. The van der Waals surface area contributed by atoms with Crippen molar-refractivity contribution in [2.75, 3.05) is 39.4 Å². The van der Waals surface area contributed by atoms with Crippen LogP contribution in [0, 0.1) is 11.3 Å². The summed E-state index contributed by atoms with van der Waals surface area (Å²) in [5, 5.41) is 12.4. The second-order valence-corrected chi connectivity index (χ2v) is 6.54. The molecule has 1 amide bonds. The number of carbonyl (C=O) groups is 2. The van der Waals surface area contributed by atoms with E-state index in [-0.39, 0.29) is 11.8 Å². The van der Waals surface area contributed by atoms with Crippen LogP contribution < -0.4 is 5.32 Å². The highest BCUT2D eigenvalue weighted by Crippen LogP contribution is 2.48. The van der Waals surface area contributed by atoms with Gasteiger partial charge in [0, 0.05) is 26.2 Å². The number of carboxylic acids is 1. The molecule has 22 heavy (non-hydrogen) atoms. The average molecular weight is 312 g/mol. The maximum absolute atomic E-state index is 11.9. The van der Waals surface area contributed by atoms with Crippen molar-refractivity contribution in [1.82, 2.24) is 10.2 Å². The lowest BCUT2D eigenvalue weighted by Gasteiger charge is -2.23. The van der Waals surface area contributed by atoms with Crippen molar-refractivity contribution in [1.29, 1.82) is 0 Å². The molecule has 1 aliphatic carbocycles. The lowest BCUT2D eigenvalue weighted by atomic mass is 9.81. The number of ether oxygens (including phenoxy) is 1. The molecule has 126 valence electrons. The Labute approximate surface area is 132 Å². The Morgan fingerprint density at radius 3 is 2.91 bits per heavy atom. The number of rotatable bonds is 9. The number of carboxylic acid groups (broad SMARTS) is 1. The molecule has 6 heteroatoms. The zero-order chi connectivity index (χ0) is 16.0. The molecule has 1 aliphatic heterocycles. The summed E-state index contributed by atoms with van der Waals surface area (Å²) in [6, 6.07) is 0. The molecule has 0 radical (unpaired) electrons. The molecule has 2 atom stereocenters. The molecule has 2 aliphatic rings. The van der Waals surface area contributed by atoms with Gasteiger partial charge in [0.1, 0.15) is 0 Å². The van der Waals surface area contributed by atoms with Crippen LogP contribution in [-0.2, 0) is 14.3 Å². The van der Waals surface area contributed by atoms with Gasteiger partial charge >= 0.3 is 5.97 Å². The Kier molecular flexibility index (Phi) is 6.20. The highest BCUT2D eigenvalue weighted by atomic mass is 16.5. The van der Waals surface area contributed by atoms with Crippen molar-refractivity contribution in [3.63, 3.8) is 0 Å². The van der Waals surface area contributed by atoms with Crippen molar-refractivity contribution in [3.05, 3.63) is 0 Å². The number of aliphatic carboxylic acids is 1. The van der Waals surface area contributed by atoms with Gasteiger partial charge in [-0.1, -0.05) is 19.8 Å². The molecule has 0 bridgehead atoms. The van der Waals surface area contributed by atoms with Gasteiger partial charge in [0.05, 0.1) is 18.6 Å². The van der Waals surface area contributed by atoms with Crippen LogP contribution in [0.4, 0.5) is 0 Å². The fourth-order valence-electron chi connectivity index (χ4n) is 3.73. The van der Waals surface area contributed by atoms with Gasteiger partial charge in [0.25, 0.3) is 0 Å². The highest BCUT2D eigenvalue weighted by molar-refractivity contribution is 5.79. The summed E-state index contributed by atoms with van der Waals surface area (Å²) in [5.41, 5.74) is -0.608. The van der Waals surface area contributed by atoms with Gasteiger partial charge in [0.15, 0.2) is 0 Å². The molecular formula is C16H28N2O4. The smallest absolute Gasteiger partial charge is 0.311 e. The van der Waals surface area contributed by atoms with E-state index in [0.29, 0.717) is 26.2 Å². The van der Waals surface area contributed by atoms with E-state index in [0.717, 1.165) is 45.3 Å². The van der Waals surface area contributed by atoms with Gasteiger partial charge in [-0.15, -0.1) is 0 Å². The Bertz CT molecular complexity index is 402. The number of unbranched alkanes of at least 4 members (excludes halogenated alkanes) is 1. The molecule has 0 aromatic rings. The second kappa shape index (κ2) is 7.92. The maximum atomic E-state index is 11.9. The monoisotopic (exact) mass is 312 g/mol. The highest BCUT2D eigenvalue weighted by Gasteiger charge is 2.54. The van der Waals surface area contributed by atoms with Crippen LogP contribution in [0.15, 0.2) is 0 Å². The SMILES string of the molecule is CCCCOCCNC(=O)CN1C[C@@H]2CCC[C@@]2(C(=O)O)C1. The standard InChI is InChI=1S/C16H28N2O4/c1-2-3-8-22-9-7-17-14(19)11-18-10-13-5-4-6-16(13,12-18)15(20)21/h13H,2-12H2,1H3,(H,17,19)(H,20,21)/t13-,16+/m0/s1. The molecule has 1 saturated heterocycles. The van der Waals surface area contributed by atoms with Crippen LogP contribution in [-0.4, -0.2) is 61.3 Å². The molecule has 0 aromatic heterocycles. The quantitative estimate of drug-likeness (QED) is 0.624. The van der Waals surface area contributed by atoms with E-state index in [2.05, 4.69) is 12.2 Å². The first-order chi connectivity index (χ1) is 10.6. The topological polar surface area (TPSA) is 78.9 Å². The molecule has 6 nitrogen and oxygen atoms in total. The fraction of sp³-hybridized carbons (Fsp3) is 0.875. The van der Waals surface area contributed by atoms with E-state index < -0.39 is 11.4 Å². The summed E-state index contributed by atoms with van der Waals surface area (Å²) >= 11 is 0. The zero-order valence-electron chi connectivity index (χ0n) is 13.5. The van der Waals surface area contributed by atoms with Crippen molar-refractivity contribution in [3.8, 4) is 0 Å². The summed E-state index contributed by atoms with van der Waals surface area (Å²) in [5.74, 6) is -0.531. The normalized spacial score (nSPS) is 27.8. The Morgan fingerprint density at radius 1 is 1.41 bits per heavy atom. The van der Waals surface area contributed by atoms with Gasteiger partial charge in [-0.2, -0.15) is 0 Å². The first-order valence-corrected chi connectivity index (χ1v) is 8.38. The predicted octanol–water partition coefficient (Wildman–Crippen LogP) is 1.11. The van der Waals surface area contributed by atoms with Gasteiger partial charge in [-0.05, 0) is 25.2 Å². The van der Waals surface area contributed by atoms with Crippen molar-refractivity contribution in [2.24, 2.45) is 11.3 Å². The lowest BCUT2D eigenvalue weighted by molar-refractivity contribution is -0.149. The van der Waals surface area contributed by atoms with Crippen molar-refractivity contribution < 1.29 is 19.4 Å². The van der Waals surface area contributed by atoms with E-state index in [1.54, 1.807) is 0 Å². The van der Waals surface area contributed by atoms with E-state index in [9.17, 15) is 14.7 Å². The first kappa shape index (κ1) is 17.2. The summed E-state index contributed by atoms with van der Waals surface area (Å²) < 4.78 is 5.40. The number of fused-ring (bicyclic) bond motifs is 1. The van der Waals surface area contributed by atoms with Crippen LogP contribution in [0.2, 0.25) is 0 Å². The fourth-order valence-corrected chi connectivity index (χ4v) is 3.73. The largest absolute Gasteiger partial charge is 0.481 e. The van der Waals surface area contributed by atoms with E-state index >= 15 is 0 Å². The summed E-state index contributed by atoms with van der Waals surface area (Å²) in [7, 11) is 0. The van der Waals surface area contributed by atoms with Crippen LogP contribution in [0.25, 0.3) is 0 Å². The second-order valence-electron chi connectivity index (χ2n) is 6.54.